The lowest BCUT2D eigenvalue weighted by molar-refractivity contribution is 0.0701. The molecule has 7 heteroatoms. The van der Waals surface area contributed by atoms with Crippen LogP contribution in [0.1, 0.15) is 34.9 Å². The van der Waals surface area contributed by atoms with E-state index in [4.69, 9.17) is 4.74 Å². The molecule has 3 aromatic rings. The molecule has 26 heavy (non-hydrogen) atoms. The number of nitrogens with one attached hydrogen (secondary N) is 1. The zero-order valence-electron chi connectivity index (χ0n) is 15.2. The second-order valence-corrected chi connectivity index (χ2v) is 7.56. The van der Waals surface area contributed by atoms with Crippen molar-refractivity contribution < 1.29 is 14.6 Å². The number of aromatic nitrogens is 3. The molecule has 0 aliphatic carbocycles. The first-order chi connectivity index (χ1) is 12.4. The highest BCUT2D eigenvalue weighted by Crippen LogP contribution is 2.37. The van der Waals surface area contributed by atoms with Crippen molar-refractivity contribution in [2.75, 3.05) is 6.61 Å². The summed E-state index contributed by atoms with van der Waals surface area (Å²) in [6, 6.07) is 5.81. The van der Waals surface area contributed by atoms with Crippen molar-refractivity contribution in [2.24, 2.45) is 5.92 Å². The maximum atomic E-state index is 11.3. The summed E-state index contributed by atoms with van der Waals surface area (Å²) in [7, 11) is 0. The fourth-order valence-corrected chi connectivity index (χ4v) is 3.50. The third-order valence-corrected chi connectivity index (χ3v) is 5.10. The zero-order valence-corrected chi connectivity index (χ0v) is 16.0. The van der Waals surface area contributed by atoms with Crippen LogP contribution < -0.4 is 4.74 Å². The summed E-state index contributed by atoms with van der Waals surface area (Å²) in [4.78, 5) is 16.0. The first-order valence-corrected chi connectivity index (χ1v) is 9.16. The second-order valence-electron chi connectivity index (χ2n) is 6.56. The van der Waals surface area contributed by atoms with E-state index in [1.165, 1.54) is 11.3 Å². The molecule has 0 saturated heterocycles. The summed E-state index contributed by atoms with van der Waals surface area (Å²) in [5.74, 6) is 0.237. The van der Waals surface area contributed by atoms with Gasteiger partial charge >= 0.3 is 5.97 Å². The molecule has 2 heterocycles. The Morgan fingerprint density at radius 1 is 1.31 bits per heavy atom. The predicted molar refractivity (Wildman–Crippen MR) is 102 cm³/mol. The molecule has 136 valence electrons. The molecule has 0 amide bonds. The molecule has 3 rings (SSSR count). The number of thiazole rings is 1. The summed E-state index contributed by atoms with van der Waals surface area (Å²) >= 11 is 1.18. The van der Waals surface area contributed by atoms with Crippen LogP contribution in [-0.2, 0) is 0 Å². The van der Waals surface area contributed by atoms with Crippen LogP contribution in [0, 0.1) is 19.8 Å². The average molecular weight is 371 g/mol. The van der Waals surface area contributed by atoms with E-state index >= 15 is 0 Å². The Morgan fingerprint density at radius 3 is 2.65 bits per heavy atom. The molecule has 0 saturated carbocycles. The van der Waals surface area contributed by atoms with E-state index in [1.54, 1.807) is 13.1 Å². The standard InChI is InChI=1S/C19H21N3O3S/c1-10(2)9-25-16-6-5-13(7-14(16)15-8-20-22-11(15)3)18-21-12(4)17(26-18)19(23)24/h5-8,10H,9H2,1-4H3,(H,20,22)(H,23,24). The highest BCUT2D eigenvalue weighted by atomic mass is 32.1. The van der Waals surface area contributed by atoms with Crippen LogP contribution in [0.3, 0.4) is 0 Å². The van der Waals surface area contributed by atoms with Gasteiger partial charge in [0.2, 0.25) is 0 Å². The van der Waals surface area contributed by atoms with Gasteiger partial charge in [-0.1, -0.05) is 13.8 Å². The number of nitrogens with zero attached hydrogens (tertiary/aromatic N) is 2. The van der Waals surface area contributed by atoms with Gasteiger partial charge in [0.1, 0.15) is 15.6 Å². The minimum absolute atomic E-state index is 0.265. The van der Waals surface area contributed by atoms with Gasteiger partial charge in [-0.2, -0.15) is 5.10 Å². The van der Waals surface area contributed by atoms with Gasteiger partial charge in [0.25, 0.3) is 0 Å². The van der Waals surface area contributed by atoms with Gasteiger partial charge in [0.05, 0.1) is 18.5 Å². The van der Waals surface area contributed by atoms with Crippen LogP contribution in [0.2, 0.25) is 0 Å². The van der Waals surface area contributed by atoms with E-state index in [-0.39, 0.29) is 4.88 Å². The van der Waals surface area contributed by atoms with E-state index in [1.807, 2.05) is 25.1 Å². The highest BCUT2D eigenvalue weighted by Gasteiger charge is 2.18. The summed E-state index contributed by atoms with van der Waals surface area (Å²) in [6.45, 7) is 8.48. The molecule has 1 aromatic carbocycles. The number of H-pyrrole nitrogens is 1. The average Bonchev–Trinajstić information content (AvgIpc) is 3.18. The molecule has 0 bridgehead atoms. The Bertz CT molecular complexity index is 943. The van der Waals surface area contributed by atoms with Crippen molar-refractivity contribution in [1.82, 2.24) is 15.2 Å². The van der Waals surface area contributed by atoms with Crippen molar-refractivity contribution in [3.05, 3.63) is 40.7 Å². The fraction of sp³-hybridized carbons (Fsp3) is 0.316. The third kappa shape index (κ3) is 3.62. The molecule has 6 nitrogen and oxygen atoms in total. The monoisotopic (exact) mass is 371 g/mol. The summed E-state index contributed by atoms with van der Waals surface area (Å²) in [5, 5.41) is 17.0. The lowest BCUT2D eigenvalue weighted by atomic mass is 10.0. The molecule has 2 N–H and O–H groups in total. The summed E-state index contributed by atoms with van der Waals surface area (Å²) in [6.07, 6.45) is 1.77. The maximum Gasteiger partial charge on any atom is 0.347 e. The van der Waals surface area contributed by atoms with Crippen LogP contribution >= 0.6 is 11.3 Å². The van der Waals surface area contributed by atoms with Crippen molar-refractivity contribution in [1.29, 1.82) is 0 Å². The van der Waals surface area contributed by atoms with Crippen molar-refractivity contribution in [2.45, 2.75) is 27.7 Å². The highest BCUT2D eigenvalue weighted by molar-refractivity contribution is 7.17. The first-order valence-electron chi connectivity index (χ1n) is 8.35. The Labute approximate surface area is 155 Å². The number of benzene rings is 1. The molecule has 2 aromatic heterocycles. The number of rotatable bonds is 6. The molecule has 0 fully saturated rings. The van der Waals surface area contributed by atoms with Crippen molar-refractivity contribution in [3.63, 3.8) is 0 Å². The minimum atomic E-state index is -0.950. The summed E-state index contributed by atoms with van der Waals surface area (Å²) in [5.41, 5.74) is 4.20. The third-order valence-electron chi connectivity index (χ3n) is 3.91. The topological polar surface area (TPSA) is 88.1 Å². The van der Waals surface area contributed by atoms with Crippen LogP contribution in [0.15, 0.2) is 24.4 Å². The van der Waals surface area contributed by atoms with Crippen LogP contribution in [-0.4, -0.2) is 32.9 Å². The maximum absolute atomic E-state index is 11.3. The number of hydrogen-bond acceptors (Lipinski definition) is 5. The van der Waals surface area contributed by atoms with E-state index in [2.05, 4.69) is 29.0 Å². The number of ether oxygens (including phenoxy) is 1. The van der Waals surface area contributed by atoms with E-state index in [0.717, 1.165) is 28.1 Å². The Balaban J connectivity index is 2.07. The van der Waals surface area contributed by atoms with Crippen molar-refractivity contribution >= 4 is 17.3 Å². The van der Waals surface area contributed by atoms with Gasteiger partial charge in [0, 0.05) is 22.4 Å². The number of carboxylic acid groups (broad SMARTS) is 1. The molecular weight excluding hydrogens is 350 g/mol. The molecule has 0 spiro atoms. The smallest absolute Gasteiger partial charge is 0.347 e. The van der Waals surface area contributed by atoms with Crippen molar-refractivity contribution in [3.8, 4) is 27.4 Å². The molecular formula is C19H21N3O3S. The minimum Gasteiger partial charge on any atom is -0.493 e. The van der Waals surface area contributed by atoms with Crippen LogP contribution in [0.4, 0.5) is 0 Å². The van der Waals surface area contributed by atoms with Gasteiger partial charge in [-0.25, -0.2) is 9.78 Å². The molecule has 0 atom stereocenters. The molecule has 0 radical (unpaired) electrons. The van der Waals surface area contributed by atoms with Crippen LogP contribution in [0.25, 0.3) is 21.7 Å². The van der Waals surface area contributed by atoms with Gasteiger partial charge in [-0.15, -0.1) is 11.3 Å². The number of aromatic amines is 1. The number of carboxylic acids is 1. The van der Waals surface area contributed by atoms with Crippen LogP contribution in [0.5, 0.6) is 5.75 Å². The van der Waals surface area contributed by atoms with E-state index in [9.17, 15) is 9.90 Å². The first kappa shape index (κ1) is 18.1. The number of carbonyl (C=O) groups is 1. The van der Waals surface area contributed by atoms with Gasteiger partial charge < -0.3 is 9.84 Å². The van der Waals surface area contributed by atoms with Gasteiger partial charge in [-0.05, 0) is 38.0 Å². The summed E-state index contributed by atoms with van der Waals surface area (Å²) < 4.78 is 5.98. The largest absolute Gasteiger partial charge is 0.493 e. The normalized spacial score (nSPS) is 11.1. The zero-order chi connectivity index (χ0) is 18.8. The molecule has 0 aliphatic rings. The lowest BCUT2D eigenvalue weighted by Gasteiger charge is -2.14. The lowest BCUT2D eigenvalue weighted by Crippen LogP contribution is -2.05. The number of aromatic carboxylic acids is 1. The molecule has 0 aliphatic heterocycles. The van der Waals surface area contributed by atoms with Gasteiger partial charge in [0.15, 0.2) is 0 Å². The fourth-order valence-electron chi connectivity index (χ4n) is 2.60. The Kier molecular flexibility index (Phi) is 5.08. The molecule has 0 unspecified atom stereocenters. The van der Waals surface area contributed by atoms with Gasteiger partial charge in [-0.3, -0.25) is 5.10 Å². The second kappa shape index (κ2) is 7.29. The SMILES string of the molecule is Cc1nc(-c2ccc(OCC(C)C)c(-c3cn[nH]c3C)c2)sc1C(=O)O. The quantitative estimate of drug-likeness (QED) is 0.664. The Morgan fingerprint density at radius 2 is 2.08 bits per heavy atom. The Hall–Kier alpha value is -2.67. The van der Waals surface area contributed by atoms with E-state index < -0.39 is 5.97 Å². The predicted octanol–water partition coefficient (Wildman–Crippen LogP) is 4.55. The number of hydrogen-bond donors (Lipinski definition) is 2. The number of aryl methyl sites for hydroxylation is 2. The van der Waals surface area contributed by atoms with E-state index in [0.29, 0.717) is 23.2 Å².